The fourth-order valence-electron chi connectivity index (χ4n) is 1.33. The first-order chi connectivity index (χ1) is 6.63. The first kappa shape index (κ1) is 11.6. The molecule has 1 atom stereocenters. The first-order valence-corrected chi connectivity index (χ1v) is 5.52. The summed E-state index contributed by atoms with van der Waals surface area (Å²) in [7, 11) is 2.02. The molecule has 1 unspecified atom stereocenters. The van der Waals surface area contributed by atoms with Crippen molar-refractivity contribution in [3.8, 4) is 0 Å². The van der Waals surface area contributed by atoms with E-state index in [-0.39, 0.29) is 0 Å². The highest BCUT2D eigenvalue weighted by Gasteiger charge is 2.02. The van der Waals surface area contributed by atoms with E-state index in [2.05, 4.69) is 23.7 Å². The molecule has 80 valence electrons. The van der Waals surface area contributed by atoms with Gasteiger partial charge in [0.25, 0.3) is 0 Å². The van der Waals surface area contributed by atoms with Gasteiger partial charge in [-0.25, -0.2) is 0 Å². The second-order valence-corrected chi connectivity index (χ2v) is 4.34. The van der Waals surface area contributed by atoms with Gasteiger partial charge in [-0.3, -0.25) is 0 Å². The zero-order chi connectivity index (χ0) is 10.6. The Balaban J connectivity index is 2.34. The van der Waals surface area contributed by atoms with E-state index in [0.29, 0.717) is 0 Å². The molecule has 0 saturated heterocycles. The molecule has 0 saturated carbocycles. The molecular formula is C11H19ClN2. The number of nitrogens with one attached hydrogen (secondary N) is 1. The van der Waals surface area contributed by atoms with Crippen molar-refractivity contribution in [3.05, 3.63) is 23.0 Å². The maximum atomic E-state index is 5.89. The van der Waals surface area contributed by atoms with Crippen molar-refractivity contribution in [1.29, 1.82) is 0 Å². The van der Waals surface area contributed by atoms with Gasteiger partial charge in [-0.05, 0) is 18.5 Å². The summed E-state index contributed by atoms with van der Waals surface area (Å²) >= 11 is 5.89. The maximum Gasteiger partial charge on any atom is 0.0585 e. The topological polar surface area (TPSA) is 17.0 Å². The summed E-state index contributed by atoms with van der Waals surface area (Å²) in [5.41, 5.74) is 1.23. The molecule has 0 aliphatic heterocycles. The predicted molar refractivity (Wildman–Crippen MR) is 61.6 cm³/mol. The lowest BCUT2D eigenvalue weighted by Gasteiger charge is -2.10. The van der Waals surface area contributed by atoms with Gasteiger partial charge >= 0.3 is 0 Å². The Morgan fingerprint density at radius 2 is 2.29 bits per heavy atom. The highest BCUT2D eigenvalue weighted by molar-refractivity contribution is 6.30. The van der Waals surface area contributed by atoms with Crippen molar-refractivity contribution in [3.63, 3.8) is 0 Å². The highest BCUT2D eigenvalue weighted by atomic mass is 35.5. The average molecular weight is 215 g/mol. The van der Waals surface area contributed by atoms with Crippen LogP contribution in [0.25, 0.3) is 0 Å². The molecule has 1 heterocycles. The van der Waals surface area contributed by atoms with Crippen LogP contribution in [-0.4, -0.2) is 11.1 Å². The van der Waals surface area contributed by atoms with Gasteiger partial charge < -0.3 is 9.88 Å². The maximum absolute atomic E-state index is 5.89. The largest absolute Gasteiger partial charge is 0.352 e. The molecule has 14 heavy (non-hydrogen) atoms. The highest BCUT2D eigenvalue weighted by Crippen LogP contribution is 2.12. The summed E-state index contributed by atoms with van der Waals surface area (Å²) in [5, 5.41) is 4.24. The Bertz CT molecular complexity index is 281. The molecule has 0 amide bonds. The van der Waals surface area contributed by atoms with Crippen LogP contribution in [0, 0.1) is 5.92 Å². The van der Waals surface area contributed by atoms with Crippen molar-refractivity contribution < 1.29 is 0 Å². The molecule has 1 N–H and O–H groups in total. The second kappa shape index (κ2) is 5.42. The monoisotopic (exact) mass is 214 g/mol. The van der Waals surface area contributed by atoms with Gasteiger partial charge in [-0.2, -0.15) is 0 Å². The lowest BCUT2D eigenvalue weighted by atomic mass is 10.1. The van der Waals surface area contributed by atoms with Gasteiger partial charge in [-0.15, -0.1) is 0 Å². The summed E-state index contributed by atoms with van der Waals surface area (Å²) in [6.07, 6.45) is 3.16. The van der Waals surface area contributed by atoms with Crippen molar-refractivity contribution in [2.24, 2.45) is 13.0 Å². The van der Waals surface area contributed by atoms with Crippen LogP contribution in [0.5, 0.6) is 0 Å². The smallest absolute Gasteiger partial charge is 0.0585 e. The molecular weight excluding hydrogens is 196 g/mol. The van der Waals surface area contributed by atoms with E-state index in [1.807, 2.05) is 19.3 Å². The fraction of sp³-hybridized carbons (Fsp3) is 0.636. The van der Waals surface area contributed by atoms with Crippen molar-refractivity contribution in [1.82, 2.24) is 9.88 Å². The van der Waals surface area contributed by atoms with Crippen LogP contribution in [0.2, 0.25) is 5.02 Å². The molecule has 0 fully saturated rings. The molecule has 0 aliphatic rings. The number of rotatable bonds is 5. The van der Waals surface area contributed by atoms with Crippen LogP contribution in [0.15, 0.2) is 12.3 Å². The Morgan fingerprint density at radius 1 is 1.57 bits per heavy atom. The molecule has 0 aliphatic carbocycles. The minimum absolute atomic E-state index is 0.741. The second-order valence-electron chi connectivity index (χ2n) is 3.90. The summed E-state index contributed by atoms with van der Waals surface area (Å²) in [5.74, 6) is 0.741. The van der Waals surface area contributed by atoms with Crippen LogP contribution in [-0.2, 0) is 13.6 Å². The lowest BCUT2D eigenvalue weighted by Crippen LogP contribution is -2.21. The SMILES string of the molecule is CCC(C)CNCc1cc(Cl)cn1C. The molecule has 0 bridgehead atoms. The Morgan fingerprint density at radius 3 is 2.79 bits per heavy atom. The number of halogens is 1. The van der Waals surface area contributed by atoms with Crippen molar-refractivity contribution in [2.45, 2.75) is 26.8 Å². The van der Waals surface area contributed by atoms with Gasteiger partial charge in [0.2, 0.25) is 0 Å². The molecule has 0 radical (unpaired) electrons. The molecule has 1 aromatic rings. The van der Waals surface area contributed by atoms with Gasteiger partial charge in [0.05, 0.1) is 5.02 Å². The van der Waals surface area contributed by atoms with Gasteiger partial charge in [0.1, 0.15) is 0 Å². The van der Waals surface area contributed by atoms with Crippen LogP contribution < -0.4 is 5.32 Å². The Labute approximate surface area is 91.3 Å². The van der Waals surface area contributed by atoms with E-state index in [1.165, 1.54) is 12.1 Å². The predicted octanol–water partition coefficient (Wildman–Crippen LogP) is 2.81. The fourth-order valence-corrected chi connectivity index (χ4v) is 1.61. The summed E-state index contributed by atoms with van der Waals surface area (Å²) in [4.78, 5) is 0. The number of aromatic nitrogens is 1. The van der Waals surface area contributed by atoms with E-state index in [0.717, 1.165) is 24.0 Å². The van der Waals surface area contributed by atoms with Gasteiger partial charge in [0.15, 0.2) is 0 Å². The first-order valence-electron chi connectivity index (χ1n) is 5.15. The quantitative estimate of drug-likeness (QED) is 0.798. The molecule has 0 spiro atoms. The Hall–Kier alpha value is -0.470. The number of nitrogens with zero attached hydrogens (tertiary/aromatic N) is 1. The van der Waals surface area contributed by atoms with Crippen molar-refractivity contribution >= 4 is 11.6 Å². The van der Waals surface area contributed by atoms with Crippen LogP contribution in [0.3, 0.4) is 0 Å². The van der Waals surface area contributed by atoms with E-state index < -0.39 is 0 Å². The van der Waals surface area contributed by atoms with Crippen LogP contribution >= 0.6 is 11.6 Å². The standard InChI is InChI=1S/C11H19ClN2/c1-4-9(2)6-13-7-11-5-10(12)8-14(11)3/h5,8-9,13H,4,6-7H2,1-3H3. The molecule has 3 heteroatoms. The molecule has 1 rings (SSSR count). The summed E-state index contributed by atoms with van der Waals surface area (Å²) in [6, 6.07) is 2.01. The molecule has 1 aromatic heterocycles. The summed E-state index contributed by atoms with van der Waals surface area (Å²) in [6.45, 7) is 6.43. The lowest BCUT2D eigenvalue weighted by molar-refractivity contribution is 0.494. The average Bonchev–Trinajstić information content (AvgIpc) is 2.45. The van der Waals surface area contributed by atoms with E-state index in [1.54, 1.807) is 0 Å². The molecule has 2 nitrogen and oxygen atoms in total. The summed E-state index contributed by atoms with van der Waals surface area (Å²) < 4.78 is 2.06. The minimum Gasteiger partial charge on any atom is -0.352 e. The minimum atomic E-state index is 0.741. The zero-order valence-electron chi connectivity index (χ0n) is 9.18. The number of hydrogen-bond donors (Lipinski definition) is 1. The normalized spacial score (nSPS) is 13.1. The third kappa shape index (κ3) is 3.35. The van der Waals surface area contributed by atoms with Gasteiger partial charge in [0, 0.05) is 25.5 Å². The van der Waals surface area contributed by atoms with E-state index in [9.17, 15) is 0 Å². The number of hydrogen-bond acceptors (Lipinski definition) is 1. The molecule has 0 aromatic carbocycles. The Kier molecular flexibility index (Phi) is 4.49. The zero-order valence-corrected chi connectivity index (χ0v) is 9.93. The third-order valence-corrected chi connectivity index (χ3v) is 2.78. The van der Waals surface area contributed by atoms with Crippen molar-refractivity contribution in [2.75, 3.05) is 6.54 Å². The van der Waals surface area contributed by atoms with Gasteiger partial charge in [-0.1, -0.05) is 31.9 Å². The third-order valence-electron chi connectivity index (χ3n) is 2.57. The van der Waals surface area contributed by atoms with E-state index >= 15 is 0 Å². The van der Waals surface area contributed by atoms with Crippen LogP contribution in [0.1, 0.15) is 26.0 Å². The van der Waals surface area contributed by atoms with Crippen LogP contribution in [0.4, 0.5) is 0 Å². The number of aryl methyl sites for hydroxylation is 1. The van der Waals surface area contributed by atoms with E-state index in [4.69, 9.17) is 11.6 Å².